The minimum absolute atomic E-state index is 0.112. The highest BCUT2D eigenvalue weighted by molar-refractivity contribution is 5.94. The molecule has 1 amide bonds. The molecule has 0 atom stereocenters. The van der Waals surface area contributed by atoms with Crippen molar-refractivity contribution in [2.45, 2.75) is 31.7 Å². The van der Waals surface area contributed by atoms with Crippen LogP contribution in [0.1, 0.15) is 36.0 Å². The lowest BCUT2D eigenvalue weighted by atomic mass is 10.2. The Morgan fingerprint density at radius 3 is 2.67 bits per heavy atom. The van der Waals surface area contributed by atoms with Gasteiger partial charge < -0.3 is 10.3 Å². The Hall–Kier alpha value is -1.62. The third kappa shape index (κ3) is 2.46. The molecular formula is C13H18N4O. The van der Waals surface area contributed by atoms with Gasteiger partial charge in [-0.3, -0.25) is 4.79 Å². The van der Waals surface area contributed by atoms with Crippen LogP contribution in [0.15, 0.2) is 18.3 Å². The van der Waals surface area contributed by atoms with Crippen molar-refractivity contribution in [3.63, 3.8) is 0 Å². The Bertz CT molecular complexity index is 437. The highest BCUT2D eigenvalue weighted by atomic mass is 16.2. The second-order valence-corrected chi connectivity index (χ2v) is 5.21. The number of nitrogen functional groups attached to an aromatic ring is 1. The standard InChI is InChI=1S/C13H18N4O/c14-16-12-6-3-10(7-15-12)13(18)17(11-4-5-11)8-9-1-2-9/h3,6-7,9,11H,1-2,4-5,8,14H2,(H,15,16). The number of pyridine rings is 1. The second kappa shape index (κ2) is 4.57. The quantitative estimate of drug-likeness (QED) is 0.608. The number of nitrogens with zero attached hydrogens (tertiary/aromatic N) is 2. The minimum atomic E-state index is 0.112. The van der Waals surface area contributed by atoms with E-state index in [1.54, 1.807) is 18.3 Å². The number of amides is 1. The molecule has 2 aliphatic rings. The van der Waals surface area contributed by atoms with Crippen molar-refractivity contribution in [3.05, 3.63) is 23.9 Å². The van der Waals surface area contributed by atoms with Crippen LogP contribution in [-0.2, 0) is 0 Å². The molecule has 18 heavy (non-hydrogen) atoms. The number of carbonyl (C=O) groups excluding carboxylic acids is 1. The van der Waals surface area contributed by atoms with Gasteiger partial charge >= 0.3 is 0 Å². The Kier molecular flexibility index (Phi) is 2.91. The maximum atomic E-state index is 12.4. The van der Waals surface area contributed by atoms with Crippen molar-refractivity contribution in [3.8, 4) is 0 Å². The average Bonchev–Trinajstić information content (AvgIpc) is 3.28. The van der Waals surface area contributed by atoms with Gasteiger partial charge in [0.1, 0.15) is 5.82 Å². The third-order valence-corrected chi connectivity index (χ3v) is 3.56. The summed E-state index contributed by atoms with van der Waals surface area (Å²) in [5, 5.41) is 0. The summed E-state index contributed by atoms with van der Waals surface area (Å²) < 4.78 is 0. The molecule has 1 aromatic rings. The number of hydrogen-bond donors (Lipinski definition) is 2. The molecule has 0 unspecified atom stereocenters. The summed E-state index contributed by atoms with van der Waals surface area (Å²) in [5.74, 6) is 6.68. The van der Waals surface area contributed by atoms with Crippen LogP contribution in [0.3, 0.4) is 0 Å². The highest BCUT2D eigenvalue weighted by Gasteiger charge is 2.36. The molecule has 2 saturated carbocycles. The van der Waals surface area contributed by atoms with Crippen molar-refractivity contribution in [1.29, 1.82) is 0 Å². The van der Waals surface area contributed by atoms with E-state index in [0.29, 0.717) is 17.4 Å². The fourth-order valence-corrected chi connectivity index (χ4v) is 2.13. The first-order valence-electron chi connectivity index (χ1n) is 6.51. The fourth-order valence-electron chi connectivity index (χ4n) is 2.13. The molecule has 3 N–H and O–H groups in total. The van der Waals surface area contributed by atoms with E-state index < -0.39 is 0 Å². The van der Waals surface area contributed by atoms with E-state index in [2.05, 4.69) is 10.4 Å². The maximum absolute atomic E-state index is 12.4. The topological polar surface area (TPSA) is 71.2 Å². The molecule has 0 saturated heterocycles. The molecule has 5 nitrogen and oxygen atoms in total. The average molecular weight is 246 g/mol. The number of hydrazine groups is 1. The first-order chi connectivity index (χ1) is 8.78. The number of rotatable bonds is 5. The van der Waals surface area contributed by atoms with Crippen LogP contribution < -0.4 is 11.3 Å². The van der Waals surface area contributed by atoms with Gasteiger partial charge in [-0.15, -0.1) is 0 Å². The van der Waals surface area contributed by atoms with Crippen molar-refractivity contribution < 1.29 is 4.79 Å². The zero-order chi connectivity index (χ0) is 12.5. The number of aromatic nitrogens is 1. The summed E-state index contributed by atoms with van der Waals surface area (Å²) in [7, 11) is 0. The Labute approximate surface area is 106 Å². The minimum Gasteiger partial charge on any atom is -0.335 e. The fraction of sp³-hybridized carbons (Fsp3) is 0.538. The molecule has 1 aromatic heterocycles. The van der Waals surface area contributed by atoms with E-state index in [-0.39, 0.29) is 5.91 Å². The zero-order valence-corrected chi connectivity index (χ0v) is 10.3. The van der Waals surface area contributed by atoms with Gasteiger partial charge in [0.25, 0.3) is 5.91 Å². The van der Waals surface area contributed by atoms with E-state index in [4.69, 9.17) is 5.84 Å². The van der Waals surface area contributed by atoms with Gasteiger partial charge in [-0.2, -0.15) is 0 Å². The molecule has 0 aromatic carbocycles. The molecule has 3 rings (SSSR count). The van der Waals surface area contributed by atoms with Crippen LogP contribution in [-0.4, -0.2) is 28.4 Å². The SMILES string of the molecule is NNc1ccc(C(=O)N(CC2CC2)C2CC2)cn1. The van der Waals surface area contributed by atoms with Gasteiger partial charge in [-0.05, 0) is 43.7 Å². The highest BCUT2D eigenvalue weighted by Crippen LogP contribution is 2.35. The van der Waals surface area contributed by atoms with Crippen LogP contribution in [0, 0.1) is 5.92 Å². The molecule has 96 valence electrons. The molecule has 2 fully saturated rings. The van der Waals surface area contributed by atoms with E-state index >= 15 is 0 Å². The van der Waals surface area contributed by atoms with Gasteiger partial charge in [0, 0.05) is 18.8 Å². The van der Waals surface area contributed by atoms with Crippen molar-refractivity contribution in [1.82, 2.24) is 9.88 Å². The summed E-state index contributed by atoms with van der Waals surface area (Å²) in [6.45, 7) is 0.917. The lowest BCUT2D eigenvalue weighted by Gasteiger charge is -2.22. The molecule has 0 aliphatic heterocycles. The second-order valence-electron chi connectivity index (χ2n) is 5.21. The lowest BCUT2D eigenvalue weighted by molar-refractivity contribution is 0.0734. The Morgan fingerprint density at radius 2 is 2.17 bits per heavy atom. The number of nitrogens with one attached hydrogen (secondary N) is 1. The molecule has 0 spiro atoms. The first-order valence-corrected chi connectivity index (χ1v) is 6.51. The van der Waals surface area contributed by atoms with Gasteiger partial charge in [-0.1, -0.05) is 0 Å². The molecule has 2 aliphatic carbocycles. The van der Waals surface area contributed by atoms with E-state index in [1.165, 1.54) is 12.8 Å². The molecular weight excluding hydrogens is 228 g/mol. The van der Waals surface area contributed by atoms with E-state index in [9.17, 15) is 4.79 Å². The van der Waals surface area contributed by atoms with Crippen molar-refractivity contribution in [2.24, 2.45) is 11.8 Å². The summed E-state index contributed by atoms with van der Waals surface area (Å²) in [6, 6.07) is 3.98. The predicted molar refractivity (Wildman–Crippen MR) is 68.8 cm³/mol. The zero-order valence-electron chi connectivity index (χ0n) is 10.3. The van der Waals surface area contributed by atoms with Crippen molar-refractivity contribution in [2.75, 3.05) is 12.0 Å². The van der Waals surface area contributed by atoms with Crippen LogP contribution in [0.25, 0.3) is 0 Å². The first kappa shape index (κ1) is 11.5. The van der Waals surface area contributed by atoms with Crippen molar-refractivity contribution >= 4 is 11.7 Å². The normalized spacial score (nSPS) is 18.5. The molecule has 5 heteroatoms. The van der Waals surface area contributed by atoms with Gasteiger partial charge in [0.05, 0.1) is 5.56 Å². The Balaban J connectivity index is 1.73. The summed E-state index contributed by atoms with van der Waals surface area (Å²) >= 11 is 0. The largest absolute Gasteiger partial charge is 0.335 e. The molecule has 1 heterocycles. The predicted octanol–water partition coefficient (Wildman–Crippen LogP) is 1.38. The maximum Gasteiger partial charge on any atom is 0.255 e. The number of anilines is 1. The van der Waals surface area contributed by atoms with Gasteiger partial charge in [0.15, 0.2) is 0 Å². The van der Waals surface area contributed by atoms with E-state index in [1.807, 2.05) is 4.90 Å². The molecule has 0 radical (unpaired) electrons. The third-order valence-electron chi connectivity index (χ3n) is 3.56. The van der Waals surface area contributed by atoms with Crippen LogP contribution >= 0.6 is 0 Å². The van der Waals surface area contributed by atoms with Crippen LogP contribution in [0.2, 0.25) is 0 Å². The monoisotopic (exact) mass is 246 g/mol. The van der Waals surface area contributed by atoms with Crippen LogP contribution in [0.4, 0.5) is 5.82 Å². The van der Waals surface area contributed by atoms with Gasteiger partial charge in [0.2, 0.25) is 0 Å². The molecule has 0 bridgehead atoms. The number of carbonyl (C=O) groups is 1. The summed E-state index contributed by atoms with van der Waals surface area (Å²) in [5.41, 5.74) is 3.12. The van der Waals surface area contributed by atoms with Crippen LogP contribution in [0.5, 0.6) is 0 Å². The summed E-state index contributed by atoms with van der Waals surface area (Å²) in [6.07, 6.45) is 6.43. The number of nitrogens with two attached hydrogens (primary N) is 1. The lowest BCUT2D eigenvalue weighted by Crippen LogP contribution is -2.35. The number of hydrogen-bond acceptors (Lipinski definition) is 4. The van der Waals surface area contributed by atoms with E-state index in [0.717, 1.165) is 25.3 Å². The summed E-state index contributed by atoms with van der Waals surface area (Å²) in [4.78, 5) is 18.5. The van der Waals surface area contributed by atoms with Gasteiger partial charge in [-0.25, -0.2) is 10.8 Å². The smallest absolute Gasteiger partial charge is 0.255 e. The Morgan fingerprint density at radius 1 is 1.39 bits per heavy atom.